The number of aliphatic hydroxyl groups is 1. The highest BCUT2D eigenvalue weighted by Gasteiger charge is 2.21. The largest absolute Gasteiger partial charge is 0.394 e. The molecule has 1 fully saturated rings. The van der Waals surface area contributed by atoms with Crippen LogP contribution in [0.15, 0.2) is 36.8 Å². The van der Waals surface area contributed by atoms with Gasteiger partial charge in [-0.3, -0.25) is 0 Å². The van der Waals surface area contributed by atoms with Gasteiger partial charge in [-0.2, -0.15) is 0 Å². The number of rotatable bonds is 6. The number of nitrogens with zero attached hydrogens (tertiary/aromatic N) is 6. The SMILES string of the molecule is CC(CO)Nc1cc(-c2cc3nc(-c4cnc(N)nc4)nc(N4CCOCC4)c3s2)ccn1. The molecule has 5 rings (SSSR count). The molecule has 0 saturated carbocycles. The van der Waals surface area contributed by atoms with Crippen molar-refractivity contribution >= 4 is 39.1 Å². The maximum atomic E-state index is 9.33. The molecule has 1 aliphatic heterocycles. The van der Waals surface area contributed by atoms with E-state index >= 15 is 0 Å². The first-order valence-corrected chi connectivity index (χ1v) is 11.5. The predicted molar refractivity (Wildman–Crippen MR) is 129 cm³/mol. The fourth-order valence-electron chi connectivity index (χ4n) is 3.59. The summed E-state index contributed by atoms with van der Waals surface area (Å²) < 4.78 is 6.56. The van der Waals surface area contributed by atoms with Crippen LogP contribution >= 0.6 is 11.3 Å². The Kier molecular flexibility index (Phi) is 5.99. The number of ether oxygens (including phenoxy) is 1. The minimum absolute atomic E-state index is 0.0327. The van der Waals surface area contributed by atoms with Crippen molar-refractivity contribution in [3.05, 3.63) is 36.8 Å². The molecule has 0 radical (unpaired) electrons. The number of nitrogens with one attached hydrogen (secondary N) is 1. The summed E-state index contributed by atoms with van der Waals surface area (Å²) >= 11 is 1.65. The topological polar surface area (TPSA) is 135 Å². The van der Waals surface area contributed by atoms with E-state index < -0.39 is 0 Å². The molecule has 4 aromatic rings. The number of fused-ring (bicyclic) bond motifs is 1. The Morgan fingerprint density at radius 3 is 2.70 bits per heavy atom. The van der Waals surface area contributed by atoms with Crippen LogP contribution < -0.4 is 16.0 Å². The van der Waals surface area contributed by atoms with Gasteiger partial charge >= 0.3 is 0 Å². The Morgan fingerprint density at radius 1 is 1.15 bits per heavy atom. The van der Waals surface area contributed by atoms with Gasteiger partial charge in [0.1, 0.15) is 5.82 Å². The van der Waals surface area contributed by atoms with Crippen molar-refractivity contribution in [1.82, 2.24) is 24.9 Å². The van der Waals surface area contributed by atoms with E-state index in [9.17, 15) is 5.11 Å². The second-order valence-electron chi connectivity index (χ2n) is 7.78. The molecule has 5 heterocycles. The minimum Gasteiger partial charge on any atom is -0.394 e. The molecule has 0 spiro atoms. The van der Waals surface area contributed by atoms with E-state index in [1.54, 1.807) is 29.9 Å². The molecule has 4 aromatic heterocycles. The molecule has 33 heavy (non-hydrogen) atoms. The Morgan fingerprint density at radius 2 is 1.94 bits per heavy atom. The number of thiophene rings is 1. The standard InChI is InChI=1S/C22H24N8O2S/c1-13(12-31)27-18-8-14(2-3-24-18)17-9-16-19(33-17)21(30-4-6-32-7-5-30)29-20(28-16)15-10-25-22(23)26-11-15/h2-3,8-11,13,31H,4-7,12H2,1H3,(H,24,27)(H2,23,25,26). The van der Waals surface area contributed by atoms with Crippen molar-refractivity contribution in [1.29, 1.82) is 0 Å². The number of pyridine rings is 1. The van der Waals surface area contributed by atoms with Gasteiger partial charge in [-0.15, -0.1) is 11.3 Å². The first-order valence-electron chi connectivity index (χ1n) is 10.7. The number of morpholine rings is 1. The lowest BCUT2D eigenvalue weighted by atomic mass is 10.2. The van der Waals surface area contributed by atoms with E-state index in [0.29, 0.717) is 30.4 Å². The normalized spacial score (nSPS) is 15.0. The van der Waals surface area contributed by atoms with Crippen LogP contribution in [0.3, 0.4) is 0 Å². The molecule has 1 aliphatic rings. The summed E-state index contributed by atoms with van der Waals surface area (Å²) in [5.41, 5.74) is 8.24. The third-order valence-corrected chi connectivity index (χ3v) is 6.48. The summed E-state index contributed by atoms with van der Waals surface area (Å²) in [5.74, 6) is 2.37. The van der Waals surface area contributed by atoms with Crippen molar-refractivity contribution in [3.63, 3.8) is 0 Å². The van der Waals surface area contributed by atoms with Crippen molar-refractivity contribution < 1.29 is 9.84 Å². The summed E-state index contributed by atoms with van der Waals surface area (Å²) in [6.45, 7) is 4.78. The Hall–Kier alpha value is -3.41. The van der Waals surface area contributed by atoms with Gasteiger partial charge in [0, 0.05) is 42.6 Å². The van der Waals surface area contributed by atoms with Gasteiger partial charge in [0.2, 0.25) is 5.95 Å². The van der Waals surface area contributed by atoms with Crippen LogP contribution in [-0.4, -0.2) is 69.0 Å². The maximum absolute atomic E-state index is 9.33. The van der Waals surface area contributed by atoms with E-state index in [2.05, 4.69) is 31.2 Å². The van der Waals surface area contributed by atoms with Crippen LogP contribution in [0, 0.1) is 0 Å². The highest BCUT2D eigenvalue weighted by molar-refractivity contribution is 7.22. The van der Waals surface area contributed by atoms with Crippen molar-refractivity contribution in [2.75, 3.05) is 48.9 Å². The molecule has 10 nitrogen and oxygen atoms in total. The third kappa shape index (κ3) is 4.56. The van der Waals surface area contributed by atoms with Crippen LogP contribution in [0.2, 0.25) is 0 Å². The van der Waals surface area contributed by atoms with Crippen LogP contribution in [-0.2, 0) is 4.74 Å². The fourth-order valence-corrected chi connectivity index (χ4v) is 4.70. The van der Waals surface area contributed by atoms with Gasteiger partial charge in [-0.25, -0.2) is 24.9 Å². The summed E-state index contributed by atoms with van der Waals surface area (Å²) in [7, 11) is 0. The van der Waals surface area contributed by atoms with Gasteiger partial charge in [-0.05, 0) is 30.7 Å². The smallest absolute Gasteiger partial charge is 0.219 e. The lowest BCUT2D eigenvalue weighted by Crippen LogP contribution is -2.36. The zero-order valence-electron chi connectivity index (χ0n) is 18.1. The summed E-state index contributed by atoms with van der Waals surface area (Å²) in [5, 5.41) is 12.5. The number of nitrogens with two attached hydrogens (primary N) is 1. The summed E-state index contributed by atoms with van der Waals surface area (Å²) in [4.78, 5) is 25.6. The number of hydrogen-bond acceptors (Lipinski definition) is 11. The van der Waals surface area contributed by atoms with Crippen molar-refractivity contribution in [2.45, 2.75) is 13.0 Å². The van der Waals surface area contributed by atoms with Crippen LogP contribution in [0.4, 0.5) is 17.6 Å². The molecule has 1 saturated heterocycles. The first kappa shape index (κ1) is 21.4. The van der Waals surface area contributed by atoms with E-state index in [1.807, 2.05) is 19.1 Å². The summed E-state index contributed by atoms with van der Waals surface area (Å²) in [6, 6.07) is 5.93. The Bertz CT molecular complexity index is 1260. The molecule has 1 unspecified atom stereocenters. The van der Waals surface area contributed by atoms with Gasteiger partial charge in [0.25, 0.3) is 0 Å². The quantitative estimate of drug-likeness (QED) is 0.390. The van der Waals surface area contributed by atoms with Gasteiger partial charge in [0.05, 0.1) is 35.6 Å². The van der Waals surface area contributed by atoms with Crippen LogP contribution in [0.1, 0.15) is 6.92 Å². The molecule has 0 aliphatic carbocycles. The lowest BCUT2D eigenvalue weighted by molar-refractivity contribution is 0.122. The number of nitrogen functional groups attached to an aromatic ring is 1. The minimum atomic E-state index is -0.0846. The second-order valence-corrected chi connectivity index (χ2v) is 8.84. The number of hydrogen-bond donors (Lipinski definition) is 3. The molecule has 170 valence electrons. The highest BCUT2D eigenvalue weighted by Crippen LogP contribution is 2.39. The molecular formula is C22H24N8O2S. The van der Waals surface area contributed by atoms with Gasteiger partial charge in [-0.1, -0.05) is 0 Å². The van der Waals surface area contributed by atoms with Crippen LogP contribution in [0.25, 0.3) is 32.0 Å². The van der Waals surface area contributed by atoms with Gasteiger partial charge < -0.3 is 25.8 Å². The zero-order chi connectivity index (χ0) is 22.8. The number of aromatic nitrogens is 5. The van der Waals surface area contributed by atoms with Crippen LogP contribution in [0.5, 0.6) is 0 Å². The zero-order valence-corrected chi connectivity index (χ0v) is 18.9. The molecular weight excluding hydrogens is 440 g/mol. The number of aliphatic hydroxyl groups excluding tert-OH is 1. The highest BCUT2D eigenvalue weighted by atomic mass is 32.1. The number of anilines is 3. The lowest BCUT2D eigenvalue weighted by Gasteiger charge is -2.28. The molecule has 1 atom stereocenters. The Balaban J connectivity index is 1.60. The summed E-state index contributed by atoms with van der Waals surface area (Å²) in [6.07, 6.45) is 5.05. The Labute approximate surface area is 194 Å². The fraction of sp³-hybridized carbons (Fsp3) is 0.318. The third-order valence-electron chi connectivity index (χ3n) is 5.31. The average Bonchev–Trinajstić information content (AvgIpc) is 3.29. The second kappa shape index (κ2) is 9.22. The van der Waals surface area contributed by atoms with Gasteiger partial charge in [0.15, 0.2) is 11.6 Å². The molecule has 4 N–H and O–H groups in total. The average molecular weight is 465 g/mol. The van der Waals surface area contributed by atoms with E-state index in [-0.39, 0.29) is 18.6 Å². The van der Waals surface area contributed by atoms with E-state index in [4.69, 9.17) is 20.4 Å². The van der Waals surface area contributed by atoms with Crippen molar-refractivity contribution in [3.8, 4) is 21.8 Å². The van der Waals surface area contributed by atoms with Crippen molar-refractivity contribution in [2.24, 2.45) is 0 Å². The molecule has 0 bridgehead atoms. The molecule has 0 aromatic carbocycles. The van der Waals surface area contributed by atoms with E-state index in [1.165, 1.54) is 0 Å². The van der Waals surface area contributed by atoms with E-state index in [0.717, 1.165) is 39.6 Å². The predicted octanol–water partition coefficient (Wildman–Crippen LogP) is 2.42. The monoisotopic (exact) mass is 464 g/mol. The first-order chi connectivity index (χ1) is 16.1. The molecule has 0 amide bonds. The maximum Gasteiger partial charge on any atom is 0.219 e. The molecule has 11 heteroatoms.